The molecule has 0 aromatic heterocycles. The number of esters is 1. The second kappa shape index (κ2) is 6.36. The molecule has 1 aromatic rings. The Balaban J connectivity index is 2.47. The van der Waals surface area contributed by atoms with Crippen LogP contribution in [0.2, 0.25) is 0 Å². The van der Waals surface area contributed by atoms with Gasteiger partial charge in [-0.3, -0.25) is 9.59 Å². The molecule has 19 heavy (non-hydrogen) atoms. The third kappa shape index (κ3) is 5.55. The van der Waals surface area contributed by atoms with E-state index in [1.54, 1.807) is 32.9 Å². The molecule has 0 amide bonds. The van der Waals surface area contributed by atoms with Gasteiger partial charge in [-0.1, -0.05) is 18.2 Å². The molecule has 0 saturated carbocycles. The van der Waals surface area contributed by atoms with E-state index >= 15 is 0 Å². The summed E-state index contributed by atoms with van der Waals surface area (Å²) in [7, 11) is 0. The first kappa shape index (κ1) is 15.2. The molecule has 0 N–H and O–H groups in total. The Morgan fingerprint density at radius 1 is 1.16 bits per heavy atom. The normalized spacial score (nSPS) is 12.6. The maximum Gasteiger partial charge on any atom is 0.316 e. The van der Waals surface area contributed by atoms with Gasteiger partial charge in [0.05, 0.1) is 0 Å². The number of benzene rings is 1. The first-order valence-corrected chi connectivity index (χ1v) is 6.23. The third-order valence-corrected chi connectivity index (χ3v) is 2.37. The van der Waals surface area contributed by atoms with Crippen LogP contribution in [0.25, 0.3) is 0 Å². The van der Waals surface area contributed by atoms with Gasteiger partial charge in [-0.25, -0.2) is 0 Å². The molecule has 1 unspecified atom stereocenters. The fraction of sp³-hybridized carbons (Fsp3) is 0.467. The minimum Gasteiger partial charge on any atom is -0.486 e. The lowest BCUT2D eigenvalue weighted by Gasteiger charge is -2.21. The van der Waals surface area contributed by atoms with E-state index in [0.29, 0.717) is 5.75 Å². The Hall–Kier alpha value is -1.84. The van der Waals surface area contributed by atoms with Crippen LogP contribution in [0.15, 0.2) is 30.3 Å². The monoisotopic (exact) mass is 264 g/mol. The molecular weight excluding hydrogens is 244 g/mol. The van der Waals surface area contributed by atoms with Crippen LogP contribution in [-0.4, -0.2) is 24.0 Å². The van der Waals surface area contributed by atoms with Crippen molar-refractivity contribution >= 4 is 11.8 Å². The van der Waals surface area contributed by atoms with Crippen molar-refractivity contribution in [3.05, 3.63) is 30.3 Å². The number of ketones is 1. The van der Waals surface area contributed by atoms with Crippen LogP contribution in [0.1, 0.15) is 27.7 Å². The third-order valence-electron chi connectivity index (χ3n) is 2.37. The molecule has 4 nitrogen and oxygen atoms in total. The van der Waals surface area contributed by atoms with E-state index in [9.17, 15) is 9.59 Å². The van der Waals surface area contributed by atoms with E-state index in [2.05, 4.69) is 0 Å². The molecule has 104 valence electrons. The van der Waals surface area contributed by atoms with Gasteiger partial charge in [-0.15, -0.1) is 0 Å². The smallest absolute Gasteiger partial charge is 0.316 e. The van der Waals surface area contributed by atoms with E-state index in [-0.39, 0.29) is 12.4 Å². The fourth-order valence-corrected chi connectivity index (χ4v) is 1.32. The molecule has 0 radical (unpaired) electrons. The number of hydrogen-bond donors (Lipinski definition) is 0. The molecule has 1 rings (SSSR count). The Morgan fingerprint density at radius 3 is 2.26 bits per heavy atom. The molecule has 0 bridgehead atoms. The Bertz CT molecular complexity index is 431. The fourth-order valence-electron chi connectivity index (χ4n) is 1.32. The zero-order valence-corrected chi connectivity index (χ0v) is 11.8. The lowest BCUT2D eigenvalue weighted by molar-refractivity contribution is -0.161. The molecule has 0 aliphatic heterocycles. The van der Waals surface area contributed by atoms with Gasteiger partial charge in [-0.2, -0.15) is 0 Å². The number of carbonyl (C=O) groups is 2. The minimum atomic E-state index is -0.817. The van der Waals surface area contributed by atoms with Gasteiger partial charge in [0, 0.05) is 0 Å². The van der Waals surface area contributed by atoms with Gasteiger partial charge in [0.1, 0.15) is 23.9 Å². The molecule has 0 fully saturated rings. The van der Waals surface area contributed by atoms with Crippen molar-refractivity contribution in [2.45, 2.75) is 33.3 Å². The van der Waals surface area contributed by atoms with Crippen LogP contribution in [0.5, 0.6) is 5.75 Å². The molecule has 4 heteroatoms. The lowest BCUT2D eigenvalue weighted by Crippen LogP contribution is -2.33. The number of carbonyl (C=O) groups excluding carboxylic acids is 2. The summed E-state index contributed by atoms with van der Waals surface area (Å²) in [5, 5.41) is 0. The molecule has 1 atom stereocenters. The number of hydrogen-bond acceptors (Lipinski definition) is 4. The van der Waals surface area contributed by atoms with Gasteiger partial charge >= 0.3 is 5.97 Å². The SMILES string of the molecule is CC(C(=O)COc1ccccc1)C(=O)OC(C)(C)C. The predicted molar refractivity (Wildman–Crippen MR) is 72.0 cm³/mol. The highest BCUT2D eigenvalue weighted by Crippen LogP contribution is 2.13. The van der Waals surface area contributed by atoms with Crippen molar-refractivity contribution in [3.8, 4) is 5.75 Å². The van der Waals surface area contributed by atoms with Crippen LogP contribution in [0, 0.1) is 5.92 Å². The minimum absolute atomic E-state index is 0.135. The molecule has 0 saturated heterocycles. The van der Waals surface area contributed by atoms with Crippen LogP contribution in [-0.2, 0) is 14.3 Å². The molecule has 0 aliphatic carbocycles. The summed E-state index contributed by atoms with van der Waals surface area (Å²) < 4.78 is 10.5. The summed E-state index contributed by atoms with van der Waals surface area (Å²) in [6, 6.07) is 9.00. The lowest BCUT2D eigenvalue weighted by atomic mass is 10.1. The first-order chi connectivity index (χ1) is 8.79. The number of rotatable bonds is 5. The van der Waals surface area contributed by atoms with Crippen molar-refractivity contribution in [1.29, 1.82) is 0 Å². The van der Waals surface area contributed by atoms with Crippen molar-refractivity contribution in [3.63, 3.8) is 0 Å². The van der Waals surface area contributed by atoms with E-state index in [0.717, 1.165) is 0 Å². The zero-order valence-electron chi connectivity index (χ0n) is 11.8. The average molecular weight is 264 g/mol. The number of para-hydroxylation sites is 1. The Morgan fingerprint density at radius 2 is 1.74 bits per heavy atom. The second-order valence-corrected chi connectivity index (χ2v) is 5.32. The van der Waals surface area contributed by atoms with E-state index < -0.39 is 17.5 Å². The highest BCUT2D eigenvalue weighted by molar-refractivity contribution is 5.99. The summed E-state index contributed by atoms with van der Waals surface area (Å²) in [6.45, 7) is 6.70. The average Bonchev–Trinajstić information content (AvgIpc) is 2.34. The highest BCUT2D eigenvalue weighted by Gasteiger charge is 2.27. The van der Waals surface area contributed by atoms with Crippen molar-refractivity contribution in [2.24, 2.45) is 5.92 Å². The van der Waals surface area contributed by atoms with E-state index in [1.807, 2.05) is 18.2 Å². The van der Waals surface area contributed by atoms with Gasteiger partial charge in [-0.05, 0) is 39.8 Å². The largest absolute Gasteiger partial charge is 0.486 e. The van der Waals surface area contributed by atoms with E-state index in [1.165, 1.54) is 6.92 Å². The van der Waals surface area contributed by atoms with E-state index in [4.69, 9.17) is 9.47 Å². The quantitative estimate of drug-likeness (QED) is 0.606. The Kier molecular flexibility index (Phi) is 5.10. The molecule has 0 heterocycles. The summed E-state index contributed by atoms with van der Waals surface area (Å²) in [6.07, 6.45) is 0. The molecule has 0 aliphatic rings. The van der Waals surface area contributed by atoms with Crippen LogP contribution < -0.4 is 4.74 Å². The molecule has 1 aromatic carbocycles. The number of ether oxygens (including phenoxy) is 2. The van der Waals surface area contributed by atoms with Crippen molar-refractivity contribution in [2.75, 3.05) is 6.61 Å². The summed E-state index contributed by atoms with van der Waals surface area (Å²) >= 11 is 0. The zero-order chi connectivity index (χ0) is 14.5. The first-order valence-electron chi connectivity index (χ1n) is 6.23. The predicted octanol–water partition coefficient (Wildman–Crippen LogP) is 2.61. The van der Waals surface area contributed by atoms with Gasteiger partial charge in [0.25, 0.3) is 0 Å². The maximum absolute atomic E-state index is 11.8. The van der Waals surface area contributed by atoms with Crippen LogP contribution >= 0.6 is 0 Å². The summed E-state index contributed by atoms with van der Waals surface area (Å²) in [5.74, 6) is -1.03. The molecular formula is C15H20O4. The van der Waals surface area contributed by atoms with Gasteiger partial charge < -0.3 is 9.47 Å². The van der Waals surface area contributed by atoms with Crippen LogP contribution in [0.3, 0.4) is 0 Å². The summed E-state index contributed by atoms with van der Waals surface area (Å²) in [5.41, 5.74) is -0.591. The number of Topliss-reactive ketones (excluding diaryl/α,β-unsaturated/α-hetero) is 1. The maximum atomic E-state index is 11.8. The highest BCUT2D eigenvalue weighted by atomic mass is 16.6. The van der Waals surface area contributed by atoms with Gasteiger partial charge in [0.2, 0.25) is 0 Å². The standard InChI is InChI=1S/C15H20O4/c1-11(14(17)19-15(2,3)4)13(16)10-18-12-8-6-5-7-9-12/h5-9,11H,10H2,1-4H3. The van der Waals surface area contributed by atoms with Crippen molar-refractivity contribution < 1.29 is 19.1 Å². The van der Waals surface area contributed by atoms with Crippen LogP contribution in [0.4, 0.5) is 0 Å². The topological polar surface area (TPSA) is 52.6 Å². The molecule has 0 spiro atoms. The second-order valence-electron chi connectivity index (χ2n) is 5.32. The Labute approximate surface area is 113 Å². The van der Waals surface area contributed by atoms with Crippen molar-refractivity contribution in [1.82, 2.24) is 0 Å². The van der Waals surface area contributed by atoms with Gasteiger partial charge in [0.15, 0.2) is 5.78 Å². The summed E-state index contributed by atoms with van der Waals surface area (Å²) in [4.78, 5) is 23.5.